The number of aryl methyl sites for hydroxylation is 3. The highest BCUT2D eigenvalue weighted by Crippen LogP contribution is 2.43. The summed E-state index contributed by atoms with van der Waals surface area (Å²) in [5.41, 5.74) is 15.5. The number of hydrogen-bond donors (Lipinski definition) is 1. The molecule has 0 bridgehead atoms. The molecule has 0 aliphatic carbocycles. The molecule has 9 aromatic rings. The van der Waals surface area contributed by atoms with Gasteiger partial charge in [-0.05, 0) is 131 Å². The maximum absolute atomic E-state index is 11.8. The van der Waals surface area contributed by atoms with Gasteiger partial charge < -0.3 is 5.11 Å². The molecule has 0 unspecified atom stereocenters. The Labute approximate surface area is 351 Å². The van der Waals surface area contributed by atoms with Gasteiger partial charge in [-0.1, -0.05) is 136 Å². The summed E-state index contributed by atoms with van der Waals surface area (Å²) in [6, 6.07) is 55.2. The lowest BCUT2D eigenvalue weighted by molar-refractivity contribution is 0.472. The summed E-state index contributed by atoms with van der Waals surface area (Å²) in [4.78, 5) is 10.4. The monoisotopic (exact) mass is 768 g/mol. The molecular weight excluding hydrogens is 719 g/mol. The molecule has 9 rings (SSSR count). The zero-order valence-corrected chi connectivity index (χ0v) is 34.0. The fraction of sp³-hybridized carbons (Fsp3) is 0.127. The van der Waals surface area contributed by atoms with Crippen molar-refractivity contribution in [2.24, 2.45) is 0 Å². The van der Waals surface area contributed by atoms with E-state index in [1.807, 2.05) is 92.8 Å². The molecule has 4 heteroatoms. The van der Waals surface area contributed by atoms with Gasteiger partial charge in [0.1, 0.15) is 11.6 Å². The summed E-state index contributed by atoms with van der Waals surface area (Å²) in [5, 5.41) is 11.8. The maximum Gasteiger partial charge on any atom is 0.149 e. The minimum atomic E-state index is -2.32. The van der Waals surface area contributed by atoms with Crippen molar-refractivity contribution >= 4 is 11.0 Å². The van der Waals surface area contributed by atoms with Crippen LogP contribution in [-0.4, -0.2) is 19.6 Å². The molecule has 0 aliphatic rings. The number of benzene rings is 7. The van der Waals surface area contributed by atoms with Crippen molar-refractivity contribution < 1.29 is 9.22 Å². The van der Waals surface area contributed by atoms with Crippen LogP contribution >= 0.6 is 0 Å². The van der Waals surface area contributed by atoms with Gasteiger partial charge in [-0.3, -0.25) is 9.55 Å². The number of imidazole rings is 1. The average Bonchev–Trinajstić information content (AvgIpc) is 3.67. The van der Waals surface area contributed by atoms with E-state index >= 15 is 0 Å². The molecule has 0 aliphatic heterocycles. The summed E-state index contributed by atoms with van der Waals surface area (Å²) in [5.74, 6) is 0.684. The minimum Gasteiger partial charge on any atom is -0.507 e. The van der Waals surface area contributed by atoms with Gasteiger partial charge in [0, 0.05) is 27.0 Å². The number of phenolic OH excluding ortho intramolecular Hbond substituents is 1. The van der Waals surface area contributed by atoms with Crippen LogP contribution in [0.5, 0.6) is 5.75 Å². The van der Waals surface area contributed by atoms with Crippen LogP contribution in [-0.2, 0) is 5.41 Å². The van der Waals surface area contributed by atoms with Crippen molar-refractivity contribution in [3.8, 4) is 78.6 Å². The Morgan fingerprint density at radius 1 is 0.542 bits per heavy atom. The van der Waals surface area contributed by atoms with Gasteiger partial charge in [-0.2, -0.15) is 0 Å². The molecular formula is C55H47N3O. The molecule has 59 heavy (non-hydrogen) atoms. The number of phenols is 1. The Morgan fingerprint density at radius 2 is 1.22 bits per heavy atom. The van der Waals surface area contributed by atoms with Crippen LogP contribution in [0, 0.1) is 20.7 Å². The number of pyridine rings is 1. The highest BCUT2D eigenvalue weighted by Gasteiger charge is 2.24. The Balaban J connectivity index is 1.32. The largest absolute Gasteiger partial charge is 0.507 e. The summed E-state index contributed by atoms with van der Waals surface area (Å²) >= 11 is 0. The summed E-state index contributed by atoms with van der Waals surface area (Å²) < 4.78 is 27.3. The number of aromatic hydroxyl groups is 1. The number of para-hydroxylation sites is 1. The van der Waals surface area contributed by atoms with Gasteiger partial charge in [0.2, 0.25) is 0 Å². The van der Waals surface area contributed by atoms with Crippen molar-refractivity contribution in [1.82, 2.24) is 14.5 Å². The average molecular weight is 769 g/mol. The van der Waals surface area contributed by atoms with Crippen LogP contribution in [0.3, 0.4) is 0 Å². The molecule has 0 amide bonds. The van der Waals surface area contributed by atoms with E-state index in [-0.39, 0.29) is 16.7 Å². The lowest BCUT2D eigenvalue weighted by atomic mass is 9.86. The first kappa shape index (κ1) is 34.0. The summed E-state index contributed by atoms with van der Waals surface area (Å²) in [6.07, 6.45) is 1.86. The molecule has 0 atom stereocenters. The van der Waals surface area contributed by atoms with Crippen molar-refractivity contribution in [2.45, 2.75) is 46.9 Å². The molecule has 288 valence electrons. The third-order valence-electron chi connectivity index (χ3n) is 11.2. The maximum atomic E-state index is 11.8. The summed E-state index contributed by atoms with van der Waals surface area (Å²) in [7, 11) is 0. The first-order chi connectivity index (χ1) is 29.7. The van der Waals surface area contributed by atoms with E-state index < -0.39 is 6.85 Å². The topological polar surface area (TPSA) is 50.9 Å². The molecule has 0 spiro atoms. The number of nitrogens with zero attached hydrogens (tertiary/aromatic N) is 3. The van der Waals surface area contributed by atoms with E-state index in [0.29, 0.717) is 11.4 Å². The number of rotatable bonds is 7. The zero-order valence-electron chi connectivity index (χ0n) is 37.0. The van der Waals surface area contributed by atoms with Crippen LogP contribution in [0.1, 0.15) is 47.1 Å². The molecule has 2 heterocycles. The van der Waals surface area contributed by atoms with Gasteiger partial charge in [0.25, 0.3) is 0 Å². The van der Waals surface area contributed by atoms with Crippen LogP contribution in [0.25, 0.3) is 83.9 Å². The number of aromatic nitrogens is 3. The van der Waals surface area contributed by atoms with Gasteiger partial charge in [-0.15, -0.1) is 0 Å². The van der Waals surface area contributed by atoms with E-state index in [9.17, 15) is 5.11 Å². The van der Waals surface area contributed by atoms with Gasteiger partial charge >= 0.3 is 0 Å². The van der Waals surface area contributed by atoms with E-state index in [4.69, 9.17) is 14.1 Å². The third-order valence-corrected chi connectivity index (χ3v) is 11.2. The Hall–Kier alpha value is -7.04. The molecule has 0 saturated heterocycles. The van der Waals surface area contributed by atoms with Crippen molar-refractivity contribution in [2.75, 3.05) is 0 Å². The fourth-order valence-electron chi connectivity index (χ4n) is 8.13. The van der Waals surface area contributed by atoms with E-state index in [2.05, 4.69) is 104 Å². The summed E-state index contributed by atoms with van der Waals surface area (Å²) in [6.45, 7) is 8.12. The third kappa shape index (κ3) is 7.23. The Kier molecular flexibility index (Phi) is 8.68. The highest BCUT2D eigenvalue weighted by atomic mass is 16.3. The van der Waals surface area contributed by atoms with E-state index in [1.54, 1.807) is 12.1 Å². The lowest BCUT2D eigenvalue weighted by Crippen LogP contribution is -2.10. The number of hydrogen-bond acceptors (Lipinski definition) is 3. The number of fused-ring (bicyclic) bond motifs is 1. The quantitative estimate of drug-likeness (QED) is 0.176. The highest BCUT2D eigenvalue weighted by molar-refractivity contribution is 5.98. The van der Waals surface area contributed by atoms with E-state index in [0.717, 1.165) is 83.6 Å². The first-order valence-corrected chi connectivity index (χ1v) is 20.0. The van der Waals surface area contributed by atoms with Gasteiger partial charge in [0.05, 0.1) is 28.0 Å². The standard InChI is InChI=1S/C55H47N3O/c1-35-20-25-50(47(29-35)40-21-23-45(24-22-40)55(4,5)6)58-51-19-13-18-46(52(51)57-54(58)48-30-36(2)28-37(3)53(48)59)43-31-42(39-16-11-8-12-17-39)32-44(33-43)49-34-41(26-27-56-49)38-14-9-7-10-15-38/h7-34,59H,1-6H3/i1D3. The molecule has 0 saturated carbocycles. The SMILES string of the molecule is [2H]C([2H])([2H])c1ccc(-n2c(-c3cc(C)cc(C)c3O)nc3c(-c4cc(-c5ccccc5)cc(-c5cc(-c6ccccc6)ccn5)c4)cccc32)c(-c2ccc(C(C)(C)C)cc2)c1. The Morgan fingerprint density at radius 3 is 1.93 bits per heavy atom. The fourth-order valence-corrected chi connectivity index (χ4v) is 8.13. The van der Waals surface area contributed by atoms with Crippen molar-refractivity contribution in [1.29, 1.82) is 0 Å². The van der Waals surface area contributed by atoms with Crippen LogP contribution in [0.4, 0.5) is 0 Å². The molecule has 0 fully saturated rings. The molecule has 1 N–H and O–H groups in total. The normalized spacial score (nSPS) is 12.6. The second-order valence-electron chi connectivity index (χ2n) is 16.4. The lowest BCUT2D eigenvalue weighted by Gasteiger charge is -2.20. The predicted octanol–water partition coefficient (Wildman–Crippen LogP) is 14.4. The van der Waals surface area contributed by atoms with Gasteiger partial charge in [-0.25, -0.2) is 4.98 Å². The molecule has 7 aromatic carbocycles. The molecule has 2 aromatic heterocycles. The van der Waals surface area contributed by atoms with Crippen molar-refractivity contribution in [3.63, 3.8) is 0 Å². The smallest absolute Gasteiger partial charge is 0.149 e. The Bertz CT molecular complexity index is 3110. The van der Waals surface area contributed by atoms with Crippen molar-refractivity contribution in [3.05, 3.63) is 192 Å². The second-order valence-corrected chi connectivity index (χ2v) is 16.4. The van der Waals surface area contributed by atoms with Crippen LogP contribution in [0.15, 0.2) is 170 Å². The predicted molar refractivity (Wildman–Crippen MR) is 246 cm³/mol. The molecule has 0 radical (unpaired) electrons. The van der Waals surface area contributed by atoms with Gasteiger partial charge in [0.15, 0.2) is 0 Å². The van der Waals surface area contributed by atoms with Crippen LogP contribution in [0.2, 0.25) is 0 Å². The first-order valence-electron chi connectivity index (χ1n) is 21.5. The minimum absolute atomic E-state index is 0.0645. The van der Waals surface area contributed by atoms with E-state index in [1.165, 1.54) is 5.56 Å². The van der Waals surface area contributed by atoms with Crippen LogP contribution < -0.4 is 0 Å². The zero-order chi connectivity index (χ0) is 43.3. The second kappa shape index (κ2) is 15.0. The molecule has 4 nitrogen and oxygen atoms in total.